The van der Waals surface area contributed by atoms with E-state index in [1.807, 2.05) is 6.92 Å². The first kappa shape index (κ1) is 29.5. The Morgan fingerprint density at radius 1 is 1.21 bits per heavy atom. The lowest BCUT2D eigenvalue weighted by Crippen LogP contribution is -2.76. The Kier molecular flexibility index (Phi) is 8.71. The molecule has 0 spiro atoms. The molecule has 4 aliphatic rings. The van der Waals surface area contributed by atoms with Gasteiger partial charge in [-0.3, -0.25) is 4.79 Å². The minimum Gasteiger partial charge on any atom is -0.462 e. The van der Waals surface area contributed by atoms with Crippen LogP contribution in [0.25, 0.3) is 0 Å². The van der Waals surface area contributed by atoms with E-state index in [9.17, 15) is 24.9 Å². The van der Waals surface area contributed by atoms with Crippen LogP contribution in [0.5, 0.6) is 0 Å². The van der Waals surface area contributed by atoms with Gasteiger partial charge in [0, 0.05) is 18.9 Å². The Labute approximate surface area is 228 Å². The van der Waals surface area contributed by atoms with Gasteiger partial charge in [0.15, 0.2) is 0 Å². The summed E-state index contributed by atoms with van der Waals surface area (Å²) in [4.78, 5) is 24.2. The highest BCUT2D eigenvalue weighted by Crippen LogP contribution is 2.69. The molecule has 0 aromatic heterocycles. The molecular formula is C31H50O7. The molecule has 3 aliphatic carbocycles. The van der Waals surface area contributed by atoms with E-state index in [4.69, 9.17) is 9.47 Å². The number of cyclic esters (lactones) is 1. The van der Waals surface area contributed by atoms with E-state index in [2.05, 4.69) is 20.8 Å². The molecule has 1 aliphatic heterocycles. The number of rotatable bonds is 9. The number of hydrogen-bond donors (Lipinski definition) is 3. The van der Waals surface area contributed by atoms with Crippen LogP contribution < -0.4 is 0 Å². The third-order valence-electron chi connectivity index (χ3n) is 11.0. The molecule has 1 heterocycles. The molecule has 38 heavy (non-hydrogen) atoms. The van der Waals surface area contributed by atoms with Crippen molar-refractivity contribution in [2.24, 2.45) is 34.5 Å². The molecule has 3 saturated carbocycles. The van der Waals surface area contributed by atoms with Crippen LogP contribution in [0.1, 0.15) is 105 Å². The van der Waals surface area contributed by atoms with Crippen LogP contribution in [0, 0.1) is 34.5 Å². The van der Waals surface area contributed by atoms with Crippen molar-refractivity contribution in [1.29, 1.82) is 0 Å². The van der Waals surface area contributed by atoms with E-state index in [1.54, 1.807) is 0 Å². The number of fused-ring (bicyclic) bond motifs is 1. The third kappa shape index (κ3) is 4.96. The molecule has 0 bridgehead atoms. The lowest BCUT2D eigenvalue weighted by Gasteiger charge is -2.70. The van der Waals surface area contributed by atoms with Gasteiger partial charge < -0.3 is 24.8 Å². The second kappa shape index (κ2) is 11.2. The molecule has 8 atom stereocenters. The molecule has 4 rings (SSSR count). The number of carbonyl (C=O) groups is 2. The Hall–Kier alpha value is -1.44. The first-order chi connectivity index (χ1) is 17.9. The molecule has 216 valence electrons. The second-order valence-electron chi connectivity index (χ2n) is 13.6. The highest BCUT2D eigenvalue weighted by atomic mass is 16.5. The molecule has 3 fully saturated rings. The summed E-state index contributed by atoms with van der Waals surface area (Å²) in [5.41, 5.74) is -2.16. The molecule has 0 saturated heterocycles. The zero-order valence-electron chi connectivity index (χ0n) is 24.1. The molecular weight excluding hydrogens is 484 g/mol. The Balaban J connectivity index is 1.87. The van der Waals surface area contributed by atoms with Crippen molar-refractivity contribution < 1.29 is 34.4 Å². The van der Waals surface area contributed by atoms with Crippen molar-refractivity contribution in [2.75, 3.05) is 6.61 Å². The van der Waals surface area contributed by atoms with Gasteiger partial charge >= 0.3 is 11.9 Å². The van der Waals surface area contributed by atoms with Gasteiger partial charge in [-0.25, -0.2) is 4.79 Å². The first-order valence-corrected chi connectivity index (χ1v) is 15.0. The van der Waals surface area contributed by atoms with E-state index in [-0.39, 0.29) is 35.8 Å². The summed E-state index contributed by atoms with van der Waals surface area (Å²) in [5, 5.41) is 37.2. The van der Waals surface area contributed by atoms with Gasteiger partial charge in [-0.15, -0.1) is 0 Å². The zero-order valence-corrected chi connectivity index (χ0v) is 24.1. The maximum Gasteiger partial charge on any atom is 0.331 e. The topological polar surface area (TPSA) is 113 Å². The van der Waals surface area contributed by atoms with Crippen molar-refractivity contribution >= 4 is 11.9 Å². The van der Waals surface area contributed by atoms with E-state index < -0.39 is 29.3 Å². The lowest BCUT2D eigenvalue weighted by atomic mass is 9.38. The monoisotopic (exact) mass is 534 g/mol. The largest absolute Gasteiger partial charge is 0.462 e. The molecule has 7 heteroatoms. The van der Waals surface area contributed by atoms with Crippen LogP contribution >= 0.6 is 0 Å². The maximum atomic E-state index is 12.9. The van der Waals surface area contributed by atoms with Crippen molar-refractivity contribution in [3.63, 3.8) is 0 Å². The van der Waals surface area contributed by atoms with E-state index in [1.165, 1.54) is 13.0 Å². The minimum atomic E-state index is -1.42. The van der Waals surface area contributed by atoms with Crippen molar-refractivity contribution in [3.05, 3.63) is 11.6 Å². The Morgan fingerprint density at radius 3 is 2.47 bits per heavy atom. The fourth-order valence-corrected chi connectivity index (χ4v) is 9.18. The average Bonchev–Trinajstić information content (AvgIpc) is 3.53. The zero-order chi connectivity index (χ0) is 27.9. The smallest absolute Gasteiger partial charge is 0.331 e. The fourth-order valence-electron chi connectivity index (χ4n) is 9.18. The molecule has 0 unspecified atom stereocenters. The number of aliphatic hydroxyl groups excluding tert-OH is 2. The van der Waals surface area contributed by atoms with Crippen molar-refractivity contribution in [1.82, 2.24) is 0 Å². The van der Waals surface area contributed by atoms with Gasteiger partial charge in [0.1, 0.15) is 12.7 Å². The Morgan fingerprint density at radius 2 is 1.89 bits per heavy atom. The minimum absolute atomic E-state index is 0.216. The lowest BCUT2D eigenvalue weighted by molar-refractivity contribution is -0.326. The highest BCUT2D eigenvalue weighted by Gasteiger charge is 2.74. The van der Waals surface area contributed by atoms with Crippen molar-refractivity contribution in [3.8, 4) is 0 Å². The highest BCUT2D eigenvalue weighted by molar-refractivity contribution is 5.85. The number of esters is 2. The predicted octanol–water partition coefficient (Wildman–Crippen LogP) is 4.70. The van der Waals surface area contributed by atoms with Gasteiger partial charge in [0.2, 0.25) is 0 Å². The van der Waals surface area contributed by atoms with E-state index in [0.717, 1.165) is 44.1 Å². The quantitative estimate of drug-likeness (QED) is 0.367. The maximum absolute atomic E-state index is 12.9. The summed E-state index contributed by atoms with van der Waals surface area (Å²) >= 11 is 0. The van der Waals surface area contributed by atoms with Crippen LogP contribution in [0.2, 0.25) is 0 Å². The second-order valence-corrected chi connectivity index (χ2v) is 13.6. The summed E-state index contributed by atoms with van der Waals surface area (Å²) in [7, 11) is 0. The van der Waals surface area contributed by atoms with Gasteiger partial charge in [-0.05, 0) is 86.5 Å². The molecule has 0 radical (unpaired) electrons. The van der Waals surface area contributed by atoms with Crippen LogP contribution in [0.15, 0.2) is 11.6 Å². The van der Waals surface area contributed by atoms with Gasteiger partial charge in [0.05, 0.1) is 23.2 Å². The fraction of sp³-hybridized carbons (Fsp3) is 0.871. The number of aliphatic hydroxyl groups is 3. The average molecular weight is 535 g/mol. The first-order valence-electron chi connectivity index (χ1n) is 15.0. The number of ether oxygens (including phenoxy) is 2. The van der Waals surface area contributed by atoms with Gasteiger partial charge in [0.25, 0.3) is 0 Å². The van der Waals surface area contributed by atoms with Gasteiger partial charge in [-0.2, -0.15) is 0 Å². The van der Waals surface area contributed by atoms with Crippen LogP contribution in [-0.2, 0) is 19.1 Å². The third-order valence-corrected chi connectivity index (χ3v) is 11.0. The predicted molar refractivity (Wildman–Crippen MR) is 144 cm³/mol. The molecule has 3 N–H and O–H groups in total. The summed E-state index contributed by atoms with van der Waals surface area (Å²) in [5.74, 6) is -0.711. The normalized spacial score (nSPS) is 40.6. The molecule has 7 nitrogen and oxygen atoms in total. The summed E-state index contributed by atoms with van der Waals surface area (Å²) in [6.45, 7) is 10.1. The summed E-state index contributed by atoms with van der Waals surface area (Å²) in [6.07, 6.45) is 7.27. The SMILES string of the molecule is CC(=O)O[C@@H]1C[C@@H](C)[C@](O)(CCC2=CC(=O)OC2)[C@]2([C@@H](O)CCC(C)C)[C@@H]1[C@](C)(C1CCCC1)CC[C@@H]2O. The number of hydrogen-bond acceptors (Lipinski definition) is 7. The van der Waals surface area contributed by atoms with Gasteiger partial charge in [-0.1, -0.05) is 40.5 Å². The standard InChI is InChI=1S/C31H50O7/c1-19(2)10-11-25(33)31-26(34)13-14-29(5,23-8-6-7-9-23)28(31)24(38-21(4)32)16-20(3)30(31,36)15-12-22-17-27(35)37-18-22/h17,19-20,23-26,28,33-34,36H,6-16,18H2,1-5H3/t20-,24-,25+,26+,28+,29+,30-,31+/m1/s1. The van der Waals surface area contributed by atoms with Crippen molar-refractivity contribution in [2.45, 2.75) is 129 Å². The Bertz CT molecular complexity index is 908. The number of carbonyl (C=O) groups excluding carboxylic acids is 2. The van der Waals surface area contributed by atoms with Crippen LogP contribution in [0.3, 0.4) is 0 Å². The summed E-state index contributed by atoms with van der Waals surface area (Å²) in [6, 6.07) is 0. The summed E-state index contributed by atoms with van der Waals surface area (Å²) < 4.78 is 11.2. The van der Waals surface area contributed by atoms with Crippen LogP contribution in [0.4, 0.5) is 0 Å². The van der Waals surface area contributed by atoms with E-state index in [0.29, 0.717) is 43.9 Å². The molecule has 0 aromatic rings. The van der Waals surface area contributed by atoms with E-state index >= 15 is 0 Å². The molecule has 0 aromatic carbocycles. The van der Waals surface area contributed by atoms with Crippen LogP contribution in [-0.4, -0.2) is 57.8 Å². The molecule has 0 amide bonds.